The molecule has 0 atom stereocenters. The van der Waals surface area contributed by atoms with E-state index in [0.29, 0.717) is 22.8 Å². The van der Waals surface area contributed by atoms with Gasteiger partial charge in [-0.05, 0) is 23.8 Å². The van der Waals surface area contributed by atoms with Crippen molar-refractivity contribution in [1.82, 2.24) is 30.4 Å². The monoisotopic (exact) mass is 457 g/mol. The molecule has 0 radical (unpaired) electrons. The van der Waals surface area contributed by atoms with Gasteiger partial charge in [0, 0.05) is 6.07 Å². The summed E-state index contributed by atoms with van der Waals surface area (Å²) >= 11 is 1.13. The number of amides is 1. The SMILES string of the molecule is O=C(CSc1n[nH]c(N/N=C/c2ccc(OCc3ccc(F)cc3)o2)n1)Nc1ncn[nH]1. The number of carbonyl (C=O) groups is 1. The van der Waals surface area contributed by atoms with Crippen molar-refractivity contribution in [2.24, 2.45) is 5.10 Å². The average molecular weight is 457 g/mol. The third-order valence-corrected chi connectivity index (χ3v) is 4.58. The number of H-pyrrole nitrogens is 2. The standard InChI is InChI=1S/C18H16FN9O3S/c19-12-3-1-11(2-4-12)8-30-15-6-5-13(31-15)7-21-26-17-24-18(28-27-17)32-9-14(29)23-16-20-10-22-25-16/h1-7,10H,8-9H2,(H2,24,26,27,28)(H2,20,22,23,25,29)/b21-7+. The molecule has 1 aromatic carbocycles. The van der Waals surface area contributed by atoms with E-state index in [9.17, 15) is 9.18 Å². The van der Waals surface area contributed by atoms with E-state index in [1.807, 2.05) is 0 Å². The Morgan fingerprint density at radius 1 is 1.22 bits per heavy atom. The lowest BCUT2D eigenvalue weighted by Gasteiger charge is -2.02. The van der Waals surface area contributed by atoms with Gasteiger partial charge in [-0.15, -0.1) is 5.10 Å². The summed E-state index contributed by atoms with van der Waals surface area (Å²) in [6, 6.07) is 9.34. The minimum atomic E-state index is -0.302. The highest BCUT2D eigenvalue weighted by Crippen LogP contribution is 2.17. The molecule has 4 N–H and O–H groups in total. The number of thioether (sulfide) groups is 1. The van der Waals surface area contributed by atoms with Gasteiger partial charge in [0.15, 0.2) is 5.76 Å². The van der Waals surface area contributed by atoms with E-state index in [2.05, 4.69) is 46.2 Å². The Kier molecular flexibility index (Phi) is 6.72. The summed E-state index contributed by atoms with van der Waals surface area (Å²) in [5.41, 5.74) is 3.49. The summed E-state index contributed by atoms with van der Waals surface area (Å²) in [6.07, 6.45) is 2.73. The molecule has 1 amide bonds. The van der Waals surface area contributed by atoms with Crippen LogP contribution in [0.15, 0.2) is 57.4 Å². The highest BCUT2D eigenvalue weighted by atomic mass is 32.2. The van der Waals surface area contributed by atoms with Crippen LogP contribution in [0.1, 0.15) is 11.3 Å². The van der Waals surface area contributed by atoms with Gasteiger partial charge in [0.25, 0.3) is 5.95 Å². The number of ether oxygens (including phenoxy) is 1. The van der Waals surface area contributed by atoms with Crippen LogP contribution in [-0.4, -0.2) is 48.2 Å². The van der Waals surface area contributed by atoms with Crippen LogP contribution >= 0.6 is 11.8 Å². The van der Waals surface area contributed by atoms with Crippen molar-refractivity contribution in [3.05, 3.63) is 59.9 Å². The number of aromatic amines is 2. The van der Waals surface area contributed by atoms with E-state index in [1.54, 1.807) is 24.3 Å². The number of carbonyl (C=O) groups excluding carboxylic acids is 1. The fourth-order valence-corrected chi connectivity index (χ4v) is 2.90. The summed E-state index contributed by atoms with van der Waals surface area (Å²) in [7, 11) is 0. The molecule has 14 heteroatoms. The van der Waals surface area contributed by atoms with Crippen molar-refractivity contribution in [2.75, 3.05) is 16.5 Å². The Morgan fingerprint density at radius 3 is 2.91 bits per heavy atom. The van der Waals surface area contributed by atoms with Crippen LogP contribution in [0.4, 0.5) is 16.3 Å². The number of rotatable bonds is 10. The Balaban J connectivity index is 1.20. The van der Waals surface area contributed by atoms with Gasteiger partial charge in [0.05, 0.1) is 12.0 Å². The van der Waals surface area contributed by atoms with Crippen molar-refractivity contribution < 1.29 is 18.3 Å². The summed E-state index contributed by atoms with van der Waals surface area (Å²) in [4.78, 5) is 19.8. The molecule has 0 saturated heterocycles. The van der Waals surface area contributed by atoms with Crippen LogP contribution in [0.25, 0.3) is 0 Å². The van der Waals surface area contributed by atoms with Crippen molar-refractivity contribution in [1.29, 1.82) is 0 Å². The minimum Gasteiger partial charge on any atom is -0.460 e. The molecule has 3 heterocycles. The zero-order chi connectivity index (χ0) is 22.2. The molecular weight excluding hydrogens is 441 g/mol. The van der Waals surface area contributed by atoms with E-state index in [0.717, 1.165) is 17.3 Å². The number of anilines is 2. The maximum absolute atomic E-state index is 12.9. The zero-order valence-corrected chi connectivity index (χ0v) is 17.1. The van der Waals surface area contributed by atoms with Crippen LogP contribution in [0, 0.1) is 5.82 Å². The lowest BCUT2D eigenvalue weighted by Crippen LogP contribution is -2.15. The molecule has 0 aliphatic rings. The summed E-state index contributed by atoms with van der Waals surface area (Å²) in [5, 5.41) is 19.7. The quantitative estimate of drug-likeness (QED) is 0.159. The normalized spacial score (nSPS) is 11.0. The van der Waals surface area contributed by atoms with Gasteiger partial charge in [-0.1, -0.05) is 23.9 Å². The van der Waals surface area contributed by atoms with Gasteiger partial charge >= 0.3 is 0 Å². The van der Waals surface area contributed by atoms with E-state index in [1.165, 1.54) is 24.7 Å². The first-order chi connectivity index (χ1) is 15.6. The molecule has 12 nitrogen and oxygen atoms in total. The second-order valence-corrected chi connectivity index (χ2v) is 7.02. The number of nitrogens with zero attached hydrogens (tertiary/aromatic N) is 5. The molecule has 0 unspecified atom stereocenters. The number of furan rings is 1. The summed E-state index contributed by atoms with van der Waals surface area (Å²) in [6.45, 7) is 0.248. The first kappa shape index (κ1) is 21.0. The summed E-state index contributed by atoms with van der Waals surface area (Å²) in [5.74, 6) is 0.822. The van der Waals surface area contributed by atoms with E-state index in [-0.39, 0.29) is 30.0 Å². The van der Waals surface area contributed by atoms with Gasteiger partial charge in [0.2, 0.25) is 23.0 Å². The Bertz CT molecular complexity index is 1170. The number of nitrogens with one attached hydrogen (secondary N) is 4. The largest absolute Gasteiger partial charge is 0.460 e. The number of aromatic nitrogens is 6. The van der Waals surface area contributed by atoms with Crippen molar-refractivity contribution in [3.63, 3.8) is 0 Å². The van der Waals surface area contributed by atoms with E-state index >= 15 is 0 Å². The Labute approximate surface area is 184 Å². The van der Waals surface area contributed by atoms with Gasteiger partial charge in [-0.25, -0.2) is 20.0 Å². The van der Waals surface area contributed by atoms with Crippen molar-refractivity contribution >= 4 is 35.8 Å². The smallest absolute Gasteiger partial charge is 0.285 e. The molecule has 4 rings (SSSR count). The molecular formula is C18H16FN9O3S. The minimum absolute atomic E-state index is 0.0916. The van der Waals surface area contributed by atoms with E-state index in [4.69, 9.17) is 9.15 Å². The topological polar surface area (TPSA) is 159 Å². The molecule has 0 aliphatic carbocycles. The zero-order valence-electron chi connectivity index (χ0n) is 16.3. The highest BCUT2D eigenvalue weighted by Gasteiger charge is 2.09. The number of hydrazone groups is 1. The van der Waals surface area contributed by atoms with Gasteiger partial charge in [-0.2, -0.15) is 20.2 Å². The van der Waals surface area contributed by atoms with Crippen LogP contribution in [0.2, 0.25) is 0 Å². The average Bonchev–Trinajstić information content (AvgIpc) is 3.55. The molecule has 164 valence electrons. The number of benzene rings is 1. The van der Waals surface area contributed by atoms with Gasteiger partial charge < -0.3 is 9.15 Å². The second kappa shape index (κ2) is 10.2. The maximum atomic E-state index is 12.9. The molecule has 0 bridgehead atoms. The first-order valence-corrected chi connectivity index (χ1v) is 10.1. The fourth-order valence-electron chi connectivity index (χ4n) is 2.30. The molecule has 3 aromatic heterocycles. The molecule has 32 heavy (non-hydrogen) atoms. The number of halogens is 1. The van der Waals surface area contributed by atoms with E-state index < -0.39 is 0 Å². The van der Waals surface area contributed by atoms with Crippen molar-refractivity contribution in [2.45, 2.75) is 11.8 Å². The van der Waals surface area contributed by atoms with Gasteiger partial charge in [-0.3, -0.25) is 10.1 Å². The predicted molar refractivity (Wildman–Crippen MR) is 113 cm³/mol. The van der Waals surface area contributed by atoms with Crippen LogP contribution in [0.5, 0.6) is 5.95 Å². The Hall–Kier alpha value is -4.20. The first-order valence-electron chi connectivity index (χ1n) is 9.10. The predicted octanol–water partition coefficient (Wildman–Crippen LogP) is 2.41. The third-order valence-electron chi connectivity index (χ3n) is 3.73. The van der Waals surface area contributed by atoms with Gasteiger partial charge in [0.1, 0.15) is 18.8 Å². The number of hydrogen-bond donors (Lipinski definition) is 4. The molecule has 0 saturated carbocycles. The van der Waals surface area contributed by atoms with Crippen LogP contribution in [0.3, 0.4) is 0 Å². The molecule has 0 spiro atoms. The fraction of sp³-hybridized carbons (Fsp3) is 0.111. The second-order valence-electron chi connectivity index (χ2n) is 6.08. The highest BCUT2D eigenvalue weighted by molar-refractivity contribution is 7.99. The van der Waals surface area contributed by atoms with Crippen LogP contribution < -0.4 is 15.5 Å². The Morgan fingerprint density at radius 2 is 2.09 bits per heavy atom. The number of hydrogen-bond acceptors (Lipinski definition) is 10. The maximum Gasteiger partial charge on any atom is 0.285 e. The third kappa shape index (κ3) is 6.15. The molecule has 0 aliphatic heterocycles. The van der Waals surface area contributed by atoms with Crippen LogP contribution in [-0.2, 0) is 11.4 Å². The van der Waals surface area contributed by atoms with Crippen molar-refractivity contribution in [3.8, 4) is 5.95 Å². The molecule has 4 aromatic rings. The lowest BCUT2D eigenvalue weighted by molar-refractivity contribution is -0.113. The lowest BCUT2D eigenvalue weighted by atomic mass is 10.2. The summed E-state index contributed by atoms with van der Waals surface area (Å²) < 4.78 is 23.9. The molecule has 0 fully saturated rings.